The highest BCUT2D eigenvalue weighted by Gasteiger charge is 2.15. The van der Waals surface area contributed by atoms with Gasteiger partial charge in [0.1, 0.15) is 0 Å². The summed E-state index contributed by atoms with van der Waals surface area (Å²) >= 11 is 0. The predicted molar refractivity (Wildman–Crippen MR) is 98.0 cm³/mol. The number of ketones is 1. The fourth-order valence-electron chi connectivity index (χ4n) is 2.19. The molecule has 142 valence electrons. The maximum atomic E-state index is 12.0. The van der Waals surface area contributed by atoms with Crippen molar-refractivity contribution in [2.75, 3.05) is 19.0 Å². The normalized spacial score (nSPS) is 10.9. The molecule has 27 heavy (non-hydrogen) atoms. The Morgan fingerprint density at radius 1 is 1.00 bits per heavy atom. The number of benzene rings is 2. The lowest BCUT2D eigenvalue weighted by atomic mass is 10.1. The summed E-state index contributed by atoms with van der Waals surface area (Å²) in [5, 5.41) is 2.51. The van der Waals surface area contributed by atoms with E-state index in [1.165, 1.54) is 38.2 Å². The molecular formula is C18H18N2O6S. The standard InChI is InChI=1S/C18H18N2O6S/c1-12(21)15-5-3-4-6-16(15)20-17(22)11-26-18(23)13-7-9-14(10-8-13)27(24,25)19-2/h3-10,19H,11H2,1-2H3,(H,20,22). The van der Waals surface area contributed by atoms with Crippen LogP contribution < -0.4 is 10.0 Å². The molecule has 0 aliphatic rings. The van der Waals surface area contributed by atoms with Crippen LogP contribution in [0.1, 0.15) is 27.6 Å². The van der Waals surface area contributed by atoms with Gasteiger partial charge in [0.15, 0.2) is 12.4 Å². The van der Waals surface area contributed by atoms with E-state index in [0.717, 1.165) is 0 Å². The molecule has 1 amide bonds. The van der Waals surface area contributed by atoms with Gasteiger partial charge in [0.2, 0.25) is 10.0 Å². The second-order valence-corrected chi connectivity index (χ2v) is 7.34. The van der Waals surface area contributed by atoms with Gasteiger partial charge in [0.05, 0.1) is 16.1 Å². The SMILES string of the molecule is CNS(=O)(=O)c1ccc(C(=O)OCC(=O)Nc2ccccc2C(C)=O)cc1. The van der Waals surface area contributed by atoms with Crippen molar-refractivity contribution in [2.45, 2.75) is 11.8 Å². The van der Waals surface area contributed by atoms with Gasteiger partial charge in [-0.25, -0.2) is 17.9 Å². The minimum absolute atomic E-state index is 0.000123. The maximum absolute atomic E-state index is 12.0. The van der Waals surface area contributed by atoms with Crippen molar-refractivity contribution >= 4 is 33.4 Å². The number of hydrogen-bond acceptors (Lipinski definition) is 6. The van der Waals surface area contributed by atoms with Crippen molar-refractivity contribution < 1.29 is 27.5 Å². The van der Waals surface area contributed by atoms with Crippen LogP contribution >= 0.6 is 0 Å². The smallest absolute Gasteiger partial charge is 0.338 e. The van der Waals surface area contributed by atoms with Crippen molar-refractivity contribution in [2.24, 2.45) is 0 Å². The Balaban J connectivity index is 1.97. The number of esters is 1. The van der Waals surface area contributed by atoms with Gasteiger partial charge in [0.25, 0.3) is 5.91 Å². The van der Waals surface area contributed by atoms with Crippen LogP contribution in [-0.4, -0.2) is 39.7 Å². The lowest BCUT2D eigenvalue weighted by Crippen LogP contribution is -2.22. The summed E-state index contributed by atoms with van der Waals surface area (Å²) in [5.74, 6) is -1.59. The van der Waals surface area contributed by atoms with Crippen LogP contribution in [-0.2, 0) is 19.6 Å². The molecule has 0 aliphatic carbocycles. The number of nitrogens with one attached hydrogen (secondary N) is 2. The lowest BCUT2D eigenvalue weighted by molar-refractivity contribution is -0.119. The molecule has 2 N–H and O–H groups in total. The Hall–Kier alpha value is -3.04. The number of carbonyl (C=O) groups excluding carboxylic acids is 3. The van der Waals surface area contributed by atoms with Crippen molar-refractivity contribution in [1.82, 2.24) is 4.72 Å². The number of ether oxygens (including phenoxy) is 1. The number of amides is 1. The zero-order valence-electron chi connectivity index (χ0n) is 14.7. The Bertz CT molecular complexity index is 968. The molecule has 0 bridgehead atoms. The second kappa shape index (κ2) is 8.56. The lowest BCUT2D eigenvalue weighted by Gasteiger charge is -2.09. The summed E-state index contributed by atoms with van der Waals surface area (Å²) in [4.78, 5) is 35.5. The molecule has 0 aromatic heterocycles. The predicted octanol–water partition coefficient (Wildman–Crippen LogP) is 1.59. The van der Waals surface area contributed by atoms with E-state index in [1.807, 2.05) is 0 Å². The number of para-hydroxylation sites is 1. The molecule has 0 heterocycles. The van der Waals surface area contributed by atoms with Gasteiger partial charge in [-0.2, -0.15) is 0 Å². The molecule has 0 radical (unpaired) electrons. The summed E-state index contributed by atoms with van der Waals surface area (Å²) in [6.07, 6.45) is 0. The summed E-state index contributed by atoms with van der Waals surface area (Å²) in [6.45, 7) is 0.824. The topological polar surface area (TPSA) is 119 Å². The number of carbonyl (C=O) groups is 3. The average Bonchev–Trinajstić information content (AvgIpc) is 2.66. The van der Waals surface area contributed by atoms with Gasteiger partial charge < -0.3 is 10.1 Å². The fraction of sp³-hybridized carbons (Fsp3) is 0.167. The molecule has 9 heteroatoms. The van der Waals surface area contributed by atoms with Gasteiger partial charge in [-0.15, -0.1) is 0 Å². The summed E-state index contributed by atoms with van der Waals surface area (Å²) in [7, 11) is -2.33. The zero-order chi connectivity index (χ0) is 20.0. The van der Waals surface area contributed by atoms with E-state index in [9.17, 15) is 22.8 Å². The molecule has 0 unspecified atom stereocenters. The molecule has 0 saturated heterocycles. The van der Waals surface area contributed by atoms with Crippen LogP contribution in [0.4, 0.5) is 5.69 Å². The number of Topliss-reactive ketones (excluding diaryl/α,β-unsaturated/α-hetero) is 1. The van der Waals surface area contributed by atoms with Crippen molar-refractivity contribution in [3.8, 4) is 0 Å². The van der Waals surface area contributed by atoms with E-state index in [2.05, 4.69) is 10.0 Å². The van der Waals surface area contributed by atoms with Crippen LogP contribution in [0.5, 0.6) is 0 Å². The second-order valence-electron chi connectivity index (χ2n) is 5.46. The summed E-state index contributed by atoms with van der Waals surface area (Å²) in [5.41, 5.74) is 0.771. The maximum Gasteiger partial charge on any atom is 0.338 e. The number of hydrogen-bond donors (Lipinski definition) is 2. The molecular weight excluding hydrogens is 372 g/mol. The van der Waals surface area contributed by atoms with Crippen molar-refractivity contribution in [3.05, 3.63) is 59.7 Å². The van der Waals surface area contributed by atoms with Crippen molar-refractivity contribution in [1.29, 1.82) is 0 Å². The average molecular weight is 390 g/mol. The molecule has 0 saturated carbocycles. The highest BCUT2D eigenvalue weighted by molar-refractivity contribution is 7.89. The first-order valence-electron chi connectivity index (χ1n) is 7.85. The van der Waals surface area contributed by atoms with E-state index in [-0.39, 0.29) is 16.2 Å². The Labute approximate surface area is 156 Å². The quantitative estimate of drug-likeness (QED) is 0.547. The third-order valence-electron chi connectivity index (χ3n) is 3.58. The highest BCUT2D eigenvalue weighted by Crippen LogP contribution is 2.15. The monoisotopic (exact) mass is 390 g/mol. The molecule has 2 aromatic rings. The minimum Gasteiger partial charge on any atom is -0.452 e. The van der Waals surface area contributed by atoms with E-state index in [1.54, 1.807) is 24.3 Å². The Morgan fingerprint density at radius 3 is 2.22 bits per heavy atom. The zero-order valence-corrected chi connectivity index (χ0v) is 15.5. The first-order chi connectivity index (χ1) is 12.7. The molecule has 2 rings (SSSR count). The summed E-state index contributed by atoms with van der Waals surface area (Å²) in [6, 6.07) is 11.6. The molecule has 0 aliphatic heterocycles. The Kier molecular flexibility index (Phi) is 6.43. The van der Waals surface area contributed by atoms with E-state index < -0.39 is 28.5 Å². The first kappa shape index (κ1) is 20.3. The third-order valence-corrected chi connectivity index (χ3v) is 5.01. The van der Waals surface area contributed by atoms with E-state index in [0.29, 0.717) is 11.3 Å². The summed E-state index contributed by atoms with van der Waals surface area (Å²) < 4.78 is 30.4. The molecule has 0 fully saturated rings. The van der Waals surface area contributed by atoms with Gasteiger partial charge in [-0.1, -0.05) is 12.1 Å². The molecule has 0 atom stereocenters. The molecule has 8 nitrogen and oxygen atoms in total. The van der Waals surface area contributed by atoms with Crippen LogP contribution in [0.2, 0.25) is 0 Å². The molecule has 0 spiro atoms. The van der Waals surface area contributed by atoms with E-state index >= 15 is 0 Å². The van der Waals surface area contributed by atoms with Gasteiger partial charge in [0, 0.05) is 5.56 Å². The Morgan fingerprint density at radius 2 is 1.63 bits per heavy atom. The fourth-order valence-corrected chi connectivity index (χ4v) is 2.92. The molecule has 2 aromatic carbocycles. The van der Waals surface area contributed by atoms with Crippen LogP contribution in [0.15, 0.2) is 53.4 Å². The third kappa shape index (κ3) is 5.22. The van der Waals surface area contributed by atoms with E-state index in [4.69, 9.17) is 4.74 Å². The number of sulfonamides is 1. The first-order valence-corrected chi connectivity index (χ1v) is 9.33. The minimum atomic E-state index is -3.61. The number of rotatable bonds is 7. The highest BCUT2D eigenvalue weighted by atomic mass is 32.2. The van der Waals surface area contributed by atoms with Crippen LogP contribution in [0, 0.1) is 0 Å². The van der Waals surface area contributed by atoms with Gasteiger partial charge in [-0.05, 0) is 50.4 Å². The van der Waals surface area contributed by atoms with Crippen LogP contribution in [0.3, 0.4) is 0 Å². The van der Waals surface area contributed by atoms with Crippen molar-refractivity contribution in [3.63, 3.8) is 0 Å². The number of anilines is 1. The van der Waals surface area contributed by atoms with Crippen LogP contribution in [0.25, 0.3) is 0 Å². The van der Waals surface area contributed by atoms with Gasteiger partial charge in [-0.3, -0.25) is 9.59 Å². The van der Waals surface area contributed by atoms with Gasteiger partial charge >= 0.3 is 5.97 Å². The largest absolute Gasteiger partial charge is 0.452 e.